The Hall–Kier alpha value is -1.06. The summed E-state index contributed by atoms with van der Waals surface area (Å²) >= 11 is 0. The Morgan fingerprint density at radius 2 is 2.25 bits per heavy atom. The van der Waals surface area contributed by atoms with Gasteiger partial charge in [0.15, 0.2) is 0 Å². The number of benzene rings is 1. The van der Waals surface area contributed by atoms with E-state index in [0.717, 1.165) is 11.3 Å². The molecule has 12 heavy (non-hydrogen) atoms. The van der Waals surface area contributed by atoms with Gasteiger partial charge < -0.3 is 10.0 Å². The first kappa shape index (κ1) is 7.58. The largest absolute Gasteiger partial charge is 0.374 e. The minimum atomic E-state index is -0.516. The Morgan fingerprint density at radius 3 is 3.00 bits per heavy atom. The maximum Gasteiger partial charge on any atom is 0.134 e. The van der Waals surface area contributed by atoms with Crippen LogP contribution in [0.2, 0.25) is 0 Å². The first-order valence-electron chi connectivity index (χ1n) is 4.00. The molecule has 0 aromatic heterocycles. The van der Waals surface area contributed by atoms with Crippen LogP contribution in [-0.4, -0.2) is 18.8 Å². The van der Waals surface area contributed by atoms with Crippen molar-refractivity contribution in [2.45, 2.75) is 6.23 Å². The van der Waals surface area contributed by atoms with Crippen LogP contribution in [0.25, 0.3) is 0 Å². The van der Waals surface area contributed by atoms with E-state index in [1.54, 1.807) is 0 Å². The molecule has 0 aliphatic carbocycles. The lowest BCUT2D eigenvalue weighted by Crippen LogP contribution is -2.39. The molecule has 64 valence electrons. The van der Waals surface area contributed by atoms with Crippen molar-refractivity contribution < 1.29 is 5.11 Å². The minimum absolute atomic E-state index is 0.516. The van der Waals surface area contributed by atoms with Crippen LogP contribution in [0.1, 0.15) is 11.8 Å². The lowest BCUT2D eigenvalue weighted by molar-refractivity contribution is 0.134. The SMILES string of the molecule is CN1CNC(O)c2ccccc21. The van der Waals surface area contributed by atoms with Crippen LogP contribution in [0.5, 0.6) is 0 Å². The Bertz CT molecular complexity index is 259. The van der Waals surface area contributed by atoms with Crippen LogP contribution in [0.15, 0.2) is 24.3 Å². The van der Waals surface area contributed by atoms with E-state index in [9.17, 15) is 5.11 Å². The number of aliphatic hydroxyl groups excluding tert-OH is 1. The fourth-order valence-electron chi connectivity index (χ4n) is 1.48. The number of hydrogen-bond acceptors (Lipinski definition) is 3. The van der Waals surface area contributed by atoms with Crippen LogP contribution >= 0.6 is 0 Å². The smallest absolute Gasteiger partial charge is 0.134 e. The van der Waals surface area contributed by atoms with E-state index in [4.69, 9.17) is 0 Å². The molecule has 1 atom stereocenters. The Labute approximate surface area is 71.6 Å². The monoisotopic (exact) mass is 164 g/mol. The fraction of sp³-hybridized carbons (Fsp3) is 0.333. The van der Waals surface area contributed by atoms with Crippen molar-refractivity contribution in [1.82, 2.24) is 5.32 Å². The zero-order valence-electron chi connectivity index (χ0n) is 6.99. The van der Waals surface area contributed by atoms with Crippen LogP contribution in [-0.2, 0) is 0 Å². The third-order valence-corrected chi connectivity index (χ3v) is 2.16. The first-order valence-corrected chi connectivity index (χ1v) is 4.00. The van der Waals surface area contributed by atoms with E-state index < -0.39 is 6.23 Å². The summed E-state index contributed by atoms with van der Waals surface area (Å²) in [5.74, 6) is 0. The third-order valence-electron chi connectivity index (χ3n) is 2.16. The number of fused-ring (bicyclic) bond motifs is 1. The maximum atomic E-state index is 9.54. The zero-order valence-corrected chi connectivity index (χ0v) is 6.99. The van der Waals surface area contributed by atoms with Crippen LogP contribution in [0, 0.1) is 0 Å². The minimum Gasteiger partial charge on any atom is -0.374 e. The standard InChI is InChI=1S/C9H12N2O/c1-11-6-10-9(12)7-4-2-3-5-8(7)11/h2-5,9-10,12H,6H2,1H3. The topological polar surface area (TPSA) is 35.5 Å². The van der Waals surface area contributed by atoms with Crippen molar-refractivity contribution in [3.05, 3.63) is 29.8 Å². The highest BCUT2D eigenvalue weighted by Crippen LogP contribution is 2.26. The molecule has 0 bridgehead atoms. The highest BCUT2D eigenvalue weighted by molar-refractivity contribution is 5.55. The fourth-order valence-corrected chi connectivity index (χ4v) is 1.48. The summed E-state index contributed by atoms with van der Waals surface area (Å²) in [6.45, 7) is 0.693. The predicted octanol–water partition coefficient (Wildman–Crippen LogP) is 0.674. The maximum absolute atomic E-state index is 9.54. The van der Waals surface area contributed by atoms with Crippen LogP contribution in [0.4, 0.5) is 5.69 Å². The van der Waals surface area contributed by atoms with E-state index in [0.29, 0.717) is 6.67 Å². The highest BCUT2D eigenvalue weighted by atomic mass is 16.3. The average Bonchev–Trinajstić information content (AvgIpc) is 2.12. The van der Waals surface area contributed by atoms with Gasteiger partial charge in [0.25, 0.3) is 0 Å². The number of para-hydroxylation sites is 1. The summed E-state index contributed by atoms with van der Waals surface area (Å²) < 4.78 is 0. The number of anilines is 1. The number of nitrogens with one attached hydrogen (secondary N) is 1. The van der Waals surface area contributed by atoms with Crippen molar-refractivity contribution in [2.24, 2.45) is 0 Å². The van der Waals surface area contributed by atoms with Gasteiger partial charge in [-0.1, -0.05) is 18.2 Å². The van der Waals surface area contributed by atoms with Gasteiger partial charge in [0.1, 0.15) is 6.23 Å². The Morgan fingerprint density at radius 1 is 1.50 bits per heavy atom. The van der Waals surface area contributed by atoms with Crippen molar-refractivity contribution in [3.63, 3.8) is 0 Å². The van der Waals surface area contributed by atoms with Gasteiger partial charge >= 0.3 is 0 Å². The van der Waals surface area contributed by atoms with E-state index >= 15 is 0 Å². The van der Waals surface area contributed by atoms with E-state index in [1.165, 1.54) is 0 Å². The molecule has 1 aromatic rings. The van der Waals surface area contributed by atoms with Crippen molar-refractivity contribution in [2.75, 3.05) is 18.6 Å². The second kappa shape index (κ2) is 2.77. The van der Waals surface area contributed by atoms with Gasteiger partial charge in [-0.2, -0.15) is 0 Å². The molecule has 1 aliphatic heterocycles. The second-order valence-electron chi connectivity index (χ2n) is 3.02. The van der Waals surface area contributed by atoms with Crippen molar-refractivity contribution in [3.8, 4) is 0 Å². The lowest BCUT2D eigenvalue weighted by Gasteiger charge is -2.31. The molecule has 3 nitrogen and oxygen atoms in total. The summed E-state index contributed by atoms with van der Waals surface area (Å²) in [4.78, 5) is 2.07. The molecule has 2 rings (SSSR count). The molecule has 0 fully saturated rings. The quantitative estimate of drug-likeness (QED) is 0.591. The van der Waals surface area contributed by atoms with Crippen LogP contribution in [0.3, 0.4) is 0 Å². The molecule has 1 heterocycles. The molecular formula is C9H12N2O. The summed E-state index contributed by atoms with van der Waals surface area (Å²) in [7, 11) is 2.00. The molecule has 1 aromatic carbocycles. The molecule has 2 N–H and O–H groups in total. The molecule has 1 unspecified atom stereocenters. The molecule has 0 saturated heterocycles. The third kappa shape index (κ3) is 1.07. The number of hydrogen-bond donors (Lipinski definition) is 2. The summed E-state index contributed by atoms with van der Waals surface area (Å²) in [6.07, 6.45) is -0.516. The highest BCUT2D eigenvalue weighted by Gasteiger charge is 2.18. The van der Waals surface area contributed by atoms with Crippen molar-refractivity contribution in [1.29, 1.82) is 0 Å². The number of nitrogens with zero attached hydrogens (tertiary/aromatic N) is 1. The van der Waals surface area contributed by atoms with Gasteiger partial charge in [0.2, 0.25) is 0 Å². The van der Waals surface area contributed by atoms with Gasteiger partial charge in [0.05, 0.1) is 6.67 Å². The van der Waals surface area contributed by atoms with Gasteiger partial charge in [-0.25, -0.2) is 0 Å². The Kier molecular flexibility index (Phi) is 1.75. The molecular weight excluding hydrogens is 152 g/mol. The van der Waals surface area contributed by atoms with Gasteiger partial charge in [0, 0.05) is 18.3 Å². The summed E-state index contributed by atoms with van der Waals surface area (Å²) in [5, 5.41) is 12.5. The van der Waals surface area contributed by atoms with Gasteiger partial charge in [-0.15, -0.1) is 0 Å². The van der Waals surface area contributed by atoms with Crippen molar-refractivity contribution >= 4 is 5.69 Å². The summed E-state index contributed by atoms with van der Waals surface area (Å²) in [6, 6.07) is 7.86. The van der Waals surface area contributed by atoms with E-state index in [1.807, 2.05) is 31.3 Å². The second-order valence-corrected chi connectivity index (χ2v) is 3.02. The predicted molar refractivity (Wildman–Crippen MR) is 47.8 cm³/mol. The summed E-state index contributed by atoms with van der Waals surface area (Å²) in [5.41, 5.74) is 2.05. The molecule has 0 saturated carbocycles. The van der Waals surface area contributed by atoms with Crippen LogP contribution < -0.4 is 10.2 Å². The molecule has 3 heteroatoms. The van der Waals surface area contributed by atoms with E-state index in [2.05, 4.69) is 10.2 Å². The van der Waals surface area contributed by atoms with E-state index in [-0.39, 0.29) is 0 Å². The van der Waals surface area contributed by atoms with Gasteiger partial charge in [-0.05, 0) is 6.07 Å². The molecule has 0 radical (unpaired) electrons. The molecule has 0 spiro atoms. The number of rotatable bonds is 0. The zero-order chi connectivity index (χ0) is 8.55. The number of aliphatic hydroxyl groups is 1. The Balaban J connectivity index is 2.47. The molecule has 1 aliphatic rings. The lowest BCUT2D eigenvalue weighted by atomic mass is 10.1. The average molecular weight is 164 g/mol. The molecule has 0 amide bonds. The normalized spacial score (nSPS) is 22.2. The first-order chi connectivity index (χ1) is 5.79. The van der Waals surface area contributed by atoms with Gasteiger partial charge in [-0.3, -0.25) is 5.32 Å².